The van der Waals surface area contributed by atoms with Crippen LogP contribution in [0.1, 0.15) is 68.1 Å². The van der Waals surface area contributed by atoms with Crippen molar-refractivity contribution >= 4 is 28.6 Å². The van der Waals surface area contributed by atoms with Gasteiger partial charge in [0.25, 0.3) is 5.91 Å². The molecule has 1 aliphatic rings. The number of hydrogen-bond acceptors (Lipinski definition) is 5. The maximum Gasteiger partial charge on any atom is 0.253 e. The Morgan fingerprint density at radius 1 is 1.16 bits per heavy atom. The molecule has 0 unspecified atom stereocenters. The van der Waals surface area contributed by atoms with Gasteiger partial charge in [-0.15, -0.1) is 0 Å². The number of hydrogen-bond donors (Lipinski definition) is 2. The number of rotatable bonds is 3. The first kappa shape index (κ1) is 26.4. The zero-order valence-electron chi connectivity index (χ0n) is 22.3. The number of fused-ring (bicyclic) bond motifs is 2. The lowest BCUT2D eigenvalue weighted by Crippen LogP contribution is -2.47. The van der Waals surface area contributed by atoms with Gasteiger partial charge in [0.05, 0.1) is 12.6 Å². The van der Waals surface area contributed by atoms with Gasteiger partial charge in [0, 0.05) is 49.2 Å². The van der Waals surface area contributed by atoms with E-state index in [1.54, 1.807) is 18.9 Å². The molecule has 2 atom stereocenters. The molecule has 10 heteroatoms. The lowest BCUT2D eigenvalue weighted by Gasteiger charge is -2.29. The van der Waals surface area contributed by atoms with Crippen molar-refractivity contribution in [1.29, 1.82) is 0 Å². The Kier molecular flexibility index (Phi) is 7.94. The van der Waals surface area contributed by atoms with Crippen molar-refractivity contribution in [1.82, 2.24) is 34.9 Å². The first-order valence-corrected chi connectivity index (χ1v) is 13.0. The van der Waals surface area contributed by atoms with Gasteiger partial charge in [-0.3, -0.25) is 14.4 Å². The van der Waals surface area contributed by atoms with Gasteiger partial charge in [-0.05, 0) is 56.9 Å². The molecule has 0 aliphatic carbocycles. The van der Waals surface area contributed by atoms with Crippen LogP contribution < -0.4 is 5.32 Å². The molecule has 3 aromatic rings. The molecule has 1 aliphatic heterocycles. The highest BCUT2D eigenvalue weighted by Gasteiger charge is 2.29. The van der Waals surface area contributed by atoms with Crippen LogP contribution in [0.2, 0.25) is 0 Å². The van der Waals surface area contributed by atoms with Crippen LogP contribution in [0.4, 0.5) is 0 Å². The lowest BCUT2D eigenvalue weighted by molar-refractivity contribution is -0.138. The Balaban J connectivity index is 1.66. The summed E-state index contributed by atoms with van der Waals surface area (Å²) < 4.78 is 1.81. The first-order chi connectivity index (χ1) is 17.6. The highest BCUT2D eigenvalue weighted by molar-refractivity contribution is 5.98. The molecule has 0 saturated carbocycles. The average Bonchev–Trinajstić information content (AvgIpc) is 3.48. The highest BCUT2D eigenvalue weighted by Crippen LogP contribution is 2.22. The number of amides is 3. The number of nitrogens with one attached hydrogen (secondary N) is 2. The number of carbonyl (C=O) groups excluding carboxylic acids is 3. The molecule has 2 aromatic heterocycles. The third-order valence-corrected chi connectivity index (χ3v) is 6.98. The van der Waals surface area contributed by atoms with Crippen molar-refractivity contribution in [3.63, 3.8) is 0 Å². The maximum atomic E-state index is 13.6. The summed E-state index contributed by atoms with van der Waals surface area (Å²) in [7, 11) is 1.65. The van der Waals surface area contributed by atoms with Gasteiger partial charge in [-0.25, -0.2) is 9.67 Å². The van der Waals surface area contributed by atoms with Crippen molar-refractivity contribution in [2.45, 2.75) is 65.6 Å². The Bertz CT molecular complexity index is 1280. The fourth-order valence-corrected chi connectivity index (χ4v) is 4.78. The number of H-pyrrole nitrogens is 1. The van der Waals surface area contributed by atoms with E-state index in [1.165, 1.54) is 4.90 Å². The topological polar surface area (TPSA) is 116 Å². The van der Waals surface area contributed by atoms with E-state index in [4.69, 9.17) is 0 Å². The van der Waals surface area contributed by atoms with Gasteiger partial charge in [0.2, 0.25) is 11.8 Å². The van der Waals surface area contributed by atoms with E-state index in [9.17, 15) is 14.4 Å². The molecule has 10 nitrogen and oxygen atoms in total. The van der Waals surface area contributed by atoms with Gasteiger partial charge in [-0.1, -0.05) is 13.8 Å². The molecule has 3 amide bonds. The molecule has 0 fully saturated rings. The Morgan fingerprint density at radius 3 is 2.70 bits per heavy atom. The molecular formula is C27H37N7O3. The molecule has 0 spiro atoms. The largest absolute Gasteiger partial charge is 0.361 e. The first-order valence-electron chi connectivity index (χ1n) is 13.0. The molecular weight excluding hydrogens is 470 g/mol. The van der Waals surface area contributed by atoms with Crippen LogP contribution in [0.3, 0.4) is 0 Å². The fourth-order valence-electron chi connectivity index (χ4n) is 4.78. The summed E-state index contributed by atoms with van der Waals surface area (Å²) in [4.78, 5) is 50.6. The number of aromatic amines is 1. The summed E-state index contributed by atoms with van der Waals surface area (Å²) in [6, 6.07) is 6.57. The SMILES string of the molecule is Cc1nc2n(n1)CCN(C(=O)c1ccc3[nH]ccc3c1)CCCC(=O)N(C)[C@@H](C)C(=O)N[C@@H]2CC(C)C. The normalized spacial score (nSPS) is 20.2. The second kappa shape index (κ2) is 11.1. The van der Waals surface area contributed by atoms with E-state index in [-0.39, 0.29) is 30.2 Å². The molecule has 198 valence electrons. The number of carbonyl (C=O) groups is 3. The summed E-state index contributed by atoms with van der Waals surface area (Å²) in [5, 5.41) is 8.68. The number of aryl methyl sites for hydroxylation is 1. The van der Waals surface area contributed by atoms with Crippen LogP contribution in [0, 0.1) is 12.8 Å². The van der Waals surface area contributed by atoms with Crippen LogP contribution >= 0.6 is 0 Å². The maximum absolute atomic E-state index is 13.6. The smallest absolute Gasteiger partial charge is 0.253 e. The van der Waals surface area contributed by atoms with Gasteiger partial charge >= 0.3 is 0 Å². The molecule has 0 bridgehead atoms. The summed E-state index contributed by atoms with van der Waals surface area (Å²) in [5.41, 5.74) is 1.58. The van der Waals surface area contributed by atoms with E-state index < -0.39 is 6.04 Å². The van der Waals surface area contributed by atoms with Crippen LogP contribution in [0.15, 0.2) is 30.5 Å². The van der Waals surface area contributed by atoms with Gasteiger partial charge < -0.3 is 20.1 Å². The Morgan fingerprint density at radius 2 is 1.95 bits per heavy atom. The zero-order chi connectivity index (χ0) is 26.7. The van der Waals surface area contributed by atoms with E-state index in [2.05, 4.69) is 34.2 Å². The third kappa shape index (κ3) is 6.00. The number of aromatic nitrogens is 4. The summed E-state index contributed by atoms with van der Waals surface area (Å²) in [5.74, 6) is 1.14. The minimum absolute atomic E-state index is 0.0882. The van der Waals surface area contributed by atoms with Crippen molar-refractivity contribution in [2.24, 2.45) is 5.92 Å². The van der Waals surface area contributed by atoms with Crippen molar-refractivity contribution < 1.29 is 14.4 Å². The number of likely N-dealkylation sites (N-methyl/N-ethyl adjacent to an activating group) is 1. The van der Waals surface area contributed by atoms with Crippen LogP contribution in [0.25, 0.3) is 10.9 Å². The van der Waals surface area contributed by atoms with Crippen LogP contribution in [0.5, 0.6) is 0 Å². The molecule has 3 heterocycles. The minimum atomic E-state index is -0.631. The molecule has 1 aromatic carbocycles. The molecule has 0 saturated heterocycles. The van der Waals surface area contributed by atoms with Gasteiger partial charge in [0.1, 0.15) is 17.7 Å². The van der Waals surface area contributed by atoms with E-state index in [0.717, 1.165) is 10.9 Å². The van der Waals surface area contributed by atoms with E-state index >= 15 is 0 Å². The predicted molar refractivity (Wildman–Crippen MR) is 141 cm³/mol. The van der Waals surface area contributed by atoms with Crippen molar-refractivity contribution in [3.8, 4) is 0 Å². The quantitative estimate of drug-likeness (QED) is 0.565. The Hall–Kier alpha value is -3.69. The number of benzene rings is 1. The Labute approximate surface area is 217 Å². The summed E-state index contributed by atoms with van der Waals surface area (Å²) in [6.07, 6.45) is 3.27. The average molecular weight is 508 g/mol. The second-order valence-corrected chi connectivity index (χ2v) is 10.3. The monoisotopic (exact) mass is 507 g/mol. The third-order valence-electron chi connectivity index (χ3n) is 6.98. The molecule has 37 heavy (non-hydrogen) atoms. The van der Waals surface area contributed by atoms with Gasteiger partial charge in [0.15, 0.2) is 0 Å². The molecule has 2 N–H and O–H groups in total. The highest BCUT2D eigenvalue weighted by atomic mass is 16.2. The molecule has 4 rings (SSSR count). The summed E-state index contributed by atoms with van der Waals surface area (Å²) >= 11 is 0. The van der Waals surface area contributed by atoms with Gasteiger partial charge in [-0.2, -0.15) is 5.10 Å². The standard InChI is InChI=1S/C27H37N7O3/c1-17(2)15-23-25-29-19(4)31-34(25)14-13-33(12-6-7-24(35)32(5)18(3)26(36)30-23)27(37)21-8-9-22-20(16-21)10-11-28-22/h8-11,16-18,23,28H,6-7,12-15H2,1-5H3,(H,30,36)/t18-,23+/m0/s1. The molecule has 0 radical (unpaired) electrons. The van der Waals surface area contributed by atoms with Crippen LogP contribution in [-0.2, 0) is 16.1 Å². The zero-order valence-corrected chi connectivity index (χ0v) is 22.3. The lowest BCUT2D eigenvalue weighted by atomic mass is 10.0. The minimum Gasteiger partial charge on any atom is -0.361 e. The summed E-state index contributed by atoms with van der Waals surface area (Å²) in [6.45, 7) is 8.99. The van der Waals surface area contributed by atoms with E-state index in [0.29, 0.717) is 55.6 Å². The predicted octanol–water partition coefficient (Wildman–Crippen LogP) is 3.05. The van der Waals surface area contributed by atoms with E-state index in [1.807, 2.05) is 42.1 Å². The van der Waals surface area contributed by atoms with Crippen molar-refractivity contribution in [3.05, 3.63) is 47.7 Å². The van der Waals surface area contributed by atoms with Crippen molar-refractivity contribution in [2.75, 3.05) is 20.1 Å². The fraction of sp³-hybridized carbons (Fsp3) is 0.519. The van der Waals surface area contributed by atoms with Crippen LogP contribution in [-0.4, -0.2) is 73.4 Å². The number of nitrogens with zero attached hydrogens (tertiary/aromatic N) is 5. The second-order valence-electron chi connectivity index (χ2n) is 10.3.